The SMILES string of the molecule is Cc1nn(CCC(=O)NC2CCCC2)c(=O)c2nn(-c3ccccc3)c(C)c12. The Balaban J connectivity index is 1.61. The van der Waals surface area contributed by atoms with Crippen LogP contribution in [0.1, 0.15) is 43.5 Å². The van der Waals surface area contributed by atoms with Gasteiger partial charge in [0.05, 0.1) is 29.0 Å². The Kier molecular flexibility index (Phi) is 4.98. The first kappa shape index (κ1) is 18.4. The molecule has 7 nitrogen and oxygen atoms in total. The van der Waals surface area contributed by atoms with E-state index in [0.29, 0.717) is 5.52 Å². The molecular weight excluding hydrogens is 354 g/mol. The van der Waals surface area contributed by atoms with Gasteiger partial charge in [-0.2, -0.15) is 10.2 Å². The zero-order chi connectivity index (χ0) is 19.7. The Hall–Kier alpha value is -2.96. The van der Waals surface area contributed by atoms with Crippen LogP contribution in [0.2, 0.25) is 0 Å². The third-order valence-electron chi connectivity index (χ3n) is 5.46. The molecule has 1 saturated carbocycles. The molecule has 1 amide bonds. The van der Waals surface area contributed by atoms with Crippen molar-refractivity contribution in [2.45, 2.75) is 58.5 Å². The molecule has 1 aliphatic carbocycles. The molecule has 0 atom stereocenters. The van der Waals surface area contributed by atoms with Crippen molar-refractivity contribution in [3.63, 3.8) is 0 Å². The van der Waals surface area contributed by atoms with Gasteiger partial charge in [-0.15, -0.1) is 0 Å². The van der Waals surface area contributed by atoms with Gasteiger partial charge < -0.3 is 5.32 Å². The summed E-state index contributed by atoms with van der Waals surface area (Å²) in [6, 6.07) is 10.0. The van der Waals surface area contributed by atoms with Crippen LogP contribution in [0.25, 0.3) is 16.6 Å². The highest BCUT2D eigenvalue weighted by Crippen LogP contribution is 2.21. The number of hydrogen-bond donors (Lipinski definition) is 1. The average Bonchev–Trinajstić information content (AvgIpc) is 3.32. The third kappa shape index (κ3) is 3.44. The topological polar surface area (TPSA) is 81.8 Å². The number of rotatable bonds is 5. The maximum atomic E-state index is 12.9. The number of aryl methyl sites for hydroxylation is 3. The highest BCUT2D eigenvalue weighted by molar-refractivity contribution is 5.83. The quantitative estimate of drug-likeness (QED) is 0.739. The molecule has 0 radical (unpaired) electrons. The molecule has 3 aromatic rings. The molecule has 0 saturated heterocycles. The summed E-state index contributed by atoms with van der Waals surface area (Å²) in [5.74, 6) is -0.0238. The van der Waals surface area contributed by atoms with E-state index in [2.05, 4.69) is 15.5 Å². The van der Waals surface area contributed by atoms with Crippen molar-refractivity contribution in [1.29, 1.82) is 0 Å². The van der Waals surface area contributed by atoms with E-state index in [4.69, 9.17) is 0 Å². The Labute approximate surface area is 163 Å². The fourth-order valence-electron chi connectivity index (χ4n) is 4.03. The fourth-order valence-corrected chi connectivity index (χ4v) is 4.03. The average molecular weight is 379 g/mol. The maximum absolute atomic E-state index is 12.9. The number of amides is 1. The van der Waals surface area contributed by atoms with Crippen molar-refractivity contribution in [3.8, 4) is 5.69 Å². The van der Waals surface area contributed by atoms with E-state index in [1.165, 1.54) is 17.5 Å². The number of carbonyl (C=O) groups excluding carboxylic acids is 1. The molecule has 2 heterocycles. The molecule has 1 fully saturated rings. The van der Waals surface area contributed by atoms with Crippen LogP contribution in [0.3, 0.4) is 0 Å². The zero-order valence-corrected chi connectivity index (χ0v) is 16.3. The zero-order valence-electron chi connectivity index (χ0n) is 16.3. The number of nitrogens with one attached hydrogen (secondary N) is 1. The van der Waals surface area contributed by atoms with E-state index in [1.807, 2.05) is 44.2 Å². The lowest BCUT2D eigenvalue weighted by Crippen LogP contribution is -2.34. The van der Waals surface area contributed by atoms with Crippen LogP contribution in [0, 0.1) is 13.8 Å². The van der Waals surface area contributed by atoms with Gasteiger partial charge in [-0.05, 0) is 38.8 Å². The third-order valence-corrected chi connectivity index (χ3v) is 5.46. The molecule has 28 heavy (non-hydrogen) atoms. The first-order valence-corrected chi connectivity index (χ1v) is 9.86. The monoisotopic (exact) mass is 379 g/mol. The number of para-hydroxylation sites is 1. The largest absolute Gasteiger partial charge is 0.353 e. The van der Waals surface area contributed by atoms with Crippen LogP contribution in [0.5, 0.6) is 0 Å². The second-order valence-electron chi connectivity index (χ2n) is 7.47. The number of benzene rings is 1. The number of carbonyl (C=O) groups is 1. The van der Waals surface area contributed by atoms with Crippen molar-refractivity contribution in [1.82, 2.24) is 24.9 Å². The number of hydrogen-bond acceptors (Lipinski definition) is 4. The minimum Gasteiger partial charge on any atom is -0.353 e. The normalized spacial score (nSPS) is 14.6. The number of nitrogens with zero attached hydrogens (tertiary/aromatic N) is 4. The minimum absolute atomic E-state index is 0.0238. The van der Waals surface area contributed by atoms with Crippen LogP contribution in [-0.2, 0) is 11.3 Å². The minimum atomic E-state index is -0.257. The molecule has 1 aromatic carbocycles. The fraction of sp³-hybridized carbons (Fsp3) is 0.429. The highest BCUT2D eigenvalue weighted by Gasteiger charge is 2.19. The van der Waals surface area contributed by atoms with Crippen LogP contribution in [-0.4, -0.2) is 31.5 Å². The number of aromatic nitrogens is 4. The molecule has 7 heteroatoms. The second-order valence-corrected chi connectivity index (χ2v) is 7.47. The maximum Gasteiger partial charge on any atom is 0.295 e. The first-order valence-electron chi connectivity index (χ1n) is 9.86. The smallest absolute Gasteiger partial charge is 0.295 e. The lowest BCUT2D eigenvalue weighted by atomic mass is 10.2. The van der Waals surface area contributed by atoms with Gasteiger partial charge in [-0.1, -0.05) is 31.0 Å². The standard InChI is InChI=1S/C21H25N5O2/c1-14-19-15(2)26(17-10-4-3-5-11-17)24-20(19)21(28)25(23-14)13-12-18(27)22-16-8-6-7-9-16/h3-5,10-11,16H,6-9,12-13H2,1-2H3,(H,22,27). The predicted molar refractivity (Wildman–Crippen MR) is 108 cm³/mol. The van der Waals surface area contributed by atoms with E-state index >= 15 is 0 Å². The summed E-state index contributed by atoms with van der Waals surface area (Å²) in [5, 5.41) is 12.8. The summed E-state index contributed by atoms with van der Waals surface area (Å²) in [5.41, 5.74) is 2.66. The summed E-state index contributed by atoms with van der Waals surface area (Å²) in [7, 11) is 0. The lowest BCUT2D eigenvalue weighted by molar-refractivity contribution is -0.122. The van der Waals surface area contributed by atoms with Gasteiger partial charge in [0.1, 0.15) is 0 Å². The van der Waals surface area contributed by atoms with Crippen LogP contribution >= 0.6 is 0 Å². The molecule has 0 aliphatic heterocycles. The van der Waals surface area contributed by atoms with Crippen LogP contribution in [0.15, 0.2) is 35.1 Å². The molecule has 1 aliphatic rings. The summed E-state index contributed by atoms with van der Waals surface area (Å²) < 4.78 is 3.14. The van der Waals surface area contributed by atoms with Gasteiger partial charge in [0.15, 0.2) is 5.52 Å². The van der Waals surface area contributed by atoms with Gasteiger partial charge in [0, 0.05) is 12.5 Å². The molecule has 0 bridgehead atoms. The molecule has 0 spiro atoms. The van der Waals surface area contributed by atoms with E-state index in [0.717, 1.165) is 35.3 Å². The second kappa shape index (κ2) is 7.58. The molecule has 0 unspecified atom stereocenters. The summed E-state index contributed by atoms with van der Waals surface area (Å²) in [6.07, 6.45) is 4.68. The Morgan fingerprint density at radius 2 is 1.86 bits per heavy atom. The molecule has 1 N–H and O–H groups in total. The van der Waals surface area contributed by atoms with Crippen molar-refractivity contribution < 1.29 is 4.79 Å². The van der Waals surface area contributed by atoms with Crippen molar-refractivity contribution in [2.75, 3.05) is 0 Å². The highest BCUT2D eigenvalue weighted by atomic mass is 16.2. The van der Waals surface area contributed by atoms with E-state index in [1.54, 1.807) is 4.68 Å². The van der Waals surface area contributed by atoms with E-state index < -0.39 is 0 Å². The van der Waals surface area contributed by atoms with Crippen LogP contribution < -0.4 is 10.9 Å². The Morgan fingerprint density at radius 1 is 1.14 bits per heavy atom. The Bertz CT molecular complexity index is 1060. The van der Waals surface area contributed by atoms with Gasteiger partial charge in [-0.25, -0.2) is 9.36 Å². The summed E-state index contributed by atoms with van der Waals surface area (Å²) >= 11 is 0. The van der Waals surface area contributed by atoms with Gasteiger partial charge in [-0.3, -0.25) is 9.59 Å². The van der Waals surface area contributed by atoms with Gasteiger partial charge in [0.25, 0.3) is 5.56 Å². The van der Waals surface area contributed by atoms with Crippen molar-refractivity contribution >= 4 is 16.8 Å². The van der Waals surface area contributed by atoms with Crippen LogP contribution in [0.4, 0.5) is 0 Å². The molecule has 146 valence electrons. The number of fused-ring (bicyclic) bond motifs is 1. The molecular formula is C21H25N5O2. The van der Waals surface area contributed by atoms with Gasteiger partial charge in [0.2, 0.25) is 5.91 Å². The van der Waals surface area contributed by atoms with Gasteiger partial charge >= 0.3 is 0 Å². The predicted octanol–water partition coefficient (Wildman–Crippen LogP) is 2.65. The summed E-state index contributed by atoms with van der Waals surface area (Å²) in [6.45, 7) is 4.07. The Morgan fingerprint density at radius 3 is 2.57 bits per heavy atom. The van der Waals surface area contributed by atoms with E-state index in [9.17, 15) is 9.59 Å². The summed E-state index contributed by atoms with van der Waals surface area (Å²) in [4.78, 5) is 25.1. The van der Waals surface area contributed by atoms with Crippen molar-refractivity contribution in [2.24, 2.45) is 0 Å². The van der Waals surface area contributed by atoms with Crippen molar-refractivity contribution in [3.05, 3.63) is 52.1 Å². The molecule has 2 aromatic heterocycles. The lowest BCUT2D eigenvalue weighted by Gasteiger charge is -2.12. The first-order chi connectivity index (χ1) is 13.5. The molecule has 4 rings (SSSR count). The van der Waals surface area contributed by atoms with E-state index in [-0.39, 0.29) is 30.5 Å².